The van der Waals surface area contributed by atoms with E-state index in [1.165, 1.54) is 0 Å². The lowest BCUT2D eigenvalue weighted by Crippen LogP contribution is -2.65. The molecule has 73 heavy (non-hydrogen) atoms. The molecule has 32 atom stereocenters. The van der Waals surface area contributed by atoms with Gasteiger partial charge < -0.3 is 163 Å². The molecule has 0 bridgehead atoms. The molecule has 8 aliphatic rings. The van der Waals surface area contributed by atoms with Crippen molar-refractivity contribution in [2.45, 2.75) is 197 Å². The van der Waals surface area contributed by atoms with Gasteiger partial charge in [-0.15, -0.1) is 0 Å². The Hall–Kier alpha value is -1.32. The van der Waals surface area contributed by atoms with Gasteiger partial charge in [0.2, 0.25) is 0 Å². The van der Waals surface area contributed by atoms with Gasteiger partial charge in [-0.25, -0.2) is 0 Å². The first kappa shape index (κ1) is 57.8. The average Bonchev–Trinajstić information content (AvgIpc) is 3.93. The van der Waals surface area contributed by atoms with Gasteiger partial charge in [0.05, 0.1) is 52.9 Å². The van der Waals surface area contributed by atoms with E-state index in [0.717, 1.165) is 0 Å². The van der Waals surface area contributed by atoms with Crippen LogP contribution in [-0.4, -0.2) is 342 Å². The molecule has 32 unspecified atom stereocenters. The lowest BCUT2D eigenvalue weighted by molar-refractivity contribution is -0.389. The van der Waals surface area contributed by atoms with Gasteiger partial charge in [-0.1, -0.05) is 0 Å². The molecule has 0 aliphatic carbocycles. The Bertz CT molecular complexity index is 1710. The van der Waals surface area contributed by atoms with E-state index >= 15 is 0 Å². The van der Waals surface area contributed by atoms with Crippen molar-refractivity contribution >= 4 is 0 Å². The Kier molecular flexibility index (Phi) is 19.6. The van der Waals surface area contributed by atoms with Gasteiger partial charge in [-0.2, -0.15) is 0 Å². The van der Waals surface area contributed by atoms with Crippen LogP contribution in [0.4, 0.5) is 0 Å². The minimum absolute atomic E-state index is 0.446. The second kappa shape index (κ2) is 24.8. The molecule has 33 nitrogen and oxygen atoms in total. The first-order valence-corrected chi connectivity index (χ1v) is 23.4. The topological polar surface area (TPSA) is 503 Å². The number of ether oxygens (including phenoxy) is 15. The highest BCUT2D eigenvalue weighted by atomic mass is 16.8. The Labute approximate surface area is 412 Å². The van der Waals surface area contributed by atoms with Gasteiger partial charge in [0.1, 0.15) is 146 Å². The van der Waals surface area contributed by atoms with Gasteiger partial charge in [-0.3, -0.25) is 0 Å². The lowest BCUT2D eigenvalue weighted by atomic mass is 10.0. The summed E-state index contributed by atoms with van der Waals surface area (Å²) in [5, 5.41) is 190. The Balaban J connectivity index is 1.05. The largest absolute Gasteiger partial charge is 0.394 e. The minimum Gasteiger partial charge on any atom is -0.394 e. The van der Waals surface area contributed by atoms with Crippen LogP contribution >= 0.6 is 0 Å². The summed E-state index contributed by atoms with van der Waals surface area (Å²) in [6.45, 7) is -5.38. The Morgan fingerprint density at radius 2 is 0.616 bits per heavy atom. The highest BCUT2D eigenvalue weighted by Gasteiger charge is 2.57. The Morgan fingerprint density at radius 1 is 0.274 bits per heavy atom. The third-order valence-electron chi connectivity index (χ3n) is 13.7. The highest BCUT2D eigenvalue weighted by Crippen LogP contribution is 2.38. The van der Waals surface area contributed by atoms with Crippen LogP contribution in [0.5, 0.6) is 0 Å². The zero-order chi connectivity index (χ0) is 52.7. The third-order valence-corrected chi connectivity index (χ3v) is 13.7. The fraction of sp³-hybridized carbons (Fsp3) is 1.00. The predicted octanol–water partition coefficient (Wildman–Crippen LogP) is -13.3. The van der Waals surface area contributed by atoms with E-state index < -0.39 is 250 Å². The molecule has 0 radical (unpaired) electrons. The smallest absolute Gasteiger partial charge is 0.187 e. The molecule has 0 aromatic rings. The SMILES string of the molecule is OCC1OC(OC2C(OC3OCC(OC4OCC(O)C(O)C4O)C(OC4OC(CO)C(O)C4O)C3OC3OC(CO)C(O)C3O)COC(OC3COC(OC4COC(O)C(O)C4O)C(O)C3O)C2O)C(O)C1O. The predicted molar refractivity (Wildman–Crippen MR) is 216 cm³/mol. The van der Waals surface area contributed by atoms with Crippen LogP contribution in [0.1, 0.15) is 0 Å². The summed E-state index contributed by atoms with van der Waals surface area (Å²) in [4.78, 5) is 0. The highest BCUT2D eigenvalue weighted by molar-refractivity contribution is 4.98. The zero-order valence-electron chi connectivity index (χ0n) is 38.3. The summed E-state index contributed by atoms with van der Waals surface area (Å²) in [6.07, 6.45) is -55.7. The monoisotopic (exact) mass is 1070 g/mol. The van der Waals surface area contributed by atoms with E-state index in [0.29, 0.717) is 0 Å². The molecule has 0 spiro atoms. The molecule has 0 amide bonds. The van der Waals surface area contributed by atoms with Crippen molar-refractivity contribution in [3.05, 3.63) is 0 Å². The molecule has 8 aliphatic heterocycles. The molecule has 0 saturated carbocycles. The van der Waals surface area contributed by atoms with Crippen molar-refractivity contribution in [1.82, 2.24) is 0 Å². The zero-order valence-corrected chi connectivity index (χ0v) is 38.3. The number of hydrogen-bond acceptors (Lipinski definition) is 33. The fourth-order valence-corrected chi connectivity index (χ4v) is 9.34. The van der Waals surface area contributed by atoms with Crippen LogP contribution in [0.3, 0.4) is 0 Å². The average molecular weight is 1070 g/mol. The molecular weight excluding hydrogens is 1010 g/mol. The molecule has 18 N–H and O–H groups in total. The van der Waals surface area contributed by atoms with E-state index in [-0.39, 0.29) is 0 Å². The van der Waals surface area contributed by atoms with Crippen LogP contribution in [0, 0.1) is 0 Å². The summed E-state index contributed by atoms with van der Waals surface area (Å²) >= 11 is 0. The molecule has 8 rings (SSSR count). The minimum atomic E-state index is -2.07. The van der Waals surface area contributed by atoms with Gasteiger partial charge >= 0.3 is 0 Å². The van der Waals surface area contributed by atoms with E-state index in [9.17, 15) is 91.9 Å². The molecule has 8 saturated heterocycles. The number of hydrogen-bond donors (Lipinski definition) is 18. The maximum atomic E-state index is 12.0. The molecule has 424 valence electrons. The molecular formula is C40H66O33. The van der Waals surface area contributed by atoms with Crippen molar-refractivity contribution in [3.8, 4) is 0 Å². The van der Waals surface area contributed by atoms with E-state index in [2.05, 4.69) is 0 Å². The van der Waals surface area contributed by atoms with Crippen LogP contribution in [0.2, 0.25) is 0 Å². The lowest BCUT2D eigenvalue weighted by Gasteiger charge is -2.48. The molecule has 0 aromatic carbocycles. The maximum absolute atomic E-state index is 12.0. The molecule has 8 heterocycles. The second-order valence-electron chi connectivity index (χ2n) is 18.7. The van der Waals surface area contributed by atoms with Gasteiger partial charge in [-0.05, 0) is 0 Å². The van der Waals surface area contributed by atoms with Gasteiger partial charge in [0.15, 0.2) is 50.3 Å². The van der Waals surface area contributed by atoms with Crippen LogP contribution in [0.25, 0.3) is 0 Å². The third kappa shape index (κ3) is 12.1. The first-order chi connectivity index (χ1) is 34.8. The normalized spacial score (nSPS) is 54.0. The second-order valence-corrected chi connectivity index (χ2v) is 18.7. The van der Waals surface area contributed by atoms with Crippen molar-refractivity contribution in [3.63, 3.8) is 0 Å². The van der Waals surface area contributed by atoms with Crippen molar-refractivity contribution in [1.29, 1.82) is 0 Å². The van der Waals surface area contributed by atoms with E-state index in [1.807, 2.05) is 0 Å². The fourth-order valence-electron chi connectivity index (χ4n) is 9.34. The summed E-state index contributed by atoms with van der Waals surface area (Å²) < 4.78 is 86.6. The maximum Gasteiger partial charge on any atom is 0.187 e. The molecule has 33 heteroatoms. The van der Waals surface area contributed by atoms with E-state index in [4.69, 9.17) is 71.1 Å². The van der Waals surface area contributed by atoms with Crippen molar-refractivity contribution < 1.29 is 163 Å². The summed E-state index contributed by atoms with van der Waals surface area (Å²) in [6, 6.07) is 0. The van der Waals surface area contributed by atoms with Crippen molar-refractivity contribution in [2.75, 3.05) is 52.9 Å². The van der Waals surface area contributed by atoms with Crippen LogP contribution in [0.15, 0.2) is 0 Å². The number of rotatable bonds is 17. The summed E-state index contributed by atoms with van der Waals surface area (Å²) in [5.74, 6) is 0. The molecule has 8 fully saturated rings. The van der Waals surface area contributed by atoms with Gasteiger partial charge in [0, 0.05) is 0 Å². The van der Waals surface area contributed by atoms with Crippen LogP contribution in [-0.2, 0) is 71.1 Å². The Morgan fingerprint density at radius 3 is 1.11 bits per heavy atom. The summed E-state index contributed by atoms with van der Waals surface area (Å²) in [5.41, 5.74) is 0. The number of aliphatic hydroxyl groups excluding tert-OH is 18. The van der Waals surface area contributed by atoms with Crippen molar-refractivity contribution in [2.24, 2.45) is 0 Å². The quantitative estimate of drug-likeness (QED) is 0.0643. The van der Waals surface area contributed by atoms with E-state index in [1.54, 1.807) is 0 Å². The standard InChI is InChI=1S/C40H66O33/c41-1-10-18(46)26(54)37(64-10)71-30-15(7-62-36(29(30)57)68-14-6-61-35(25(53)22(14)50)67-13-5-59-33(58)23(51)21(13)49)70-40-32(73-39-28(56)20(48)12(3-43)66-39)31(72-38-27(55)19(47)11(2-42)65-38)16(8-63-40)69-34-24(52)17(45)9(44)4-60-34/h9-58H,1-8H2. The number of aliphatic hydroxyl groups is 18. The first-order valence-electron chi connectivity index (χ1n) is 23.4. The summed E-state index contributed by atoms with van der Waals surface area (Å²) in [7, 11) is 0. The van der Waals surface area contributed by atoms with Crippen LogP contribution < -0.4 is 0 Å². The van der Waals surface area contributed by atoms with Gasteiger partial charge in [0.25, 0.3) is 0 Å². The molecule has 0 aromatic heterocycles.